The Morgan fingerprint density at radius 2 is 2.16 bits per heavy atom. The highest BCUT2D eigenvalue weighted by Crippen LogP contribution is 2.34. The van der Waals surface area contributed by atoms with Crippen molar-refractivity contribution in [2.24, 2.45) is 0 Å². The fraction of sp³-hybridized carbons (Fsp3) is 0.267. The molecule has 3 rings (SSSR count). The zero-order chi connectivity index (χ0) is 13.3. The minimum absolute atomic E-state index is 0.0624. The summed E-state index contributed by atoms with van der Waals surface area (Å²) >= 11 is 6.17. The Kier molecular flexibility index (Phi) is 3.25. The van der Waals surface area contributed by atoms with Crippen molar-refractivity contribution in [3.05, 3.63) is 64.7 Å². The topological polar surface area (TPSA) is 24.9 Å². The molecule has 0 radical (unpaired) electrons. The van der Waals surface area contributed by atoms with Crippen molar-refractivity contribution in [1.82, 2.24) is 10.3 Å². The summed E-state index contributed by atoms with van der Waals surface area (Å²) in [6.07, 6.45) is 4.19. The molecule has 1 aliphatic heterocycles. The highest BCUT2D eigenvalue weighted by molar-refractivity contribution is 6.31. The van der Waals surface area contributed by atoms with E-state index in [1.807, 2.05) is 12.1 Å². The summed E-state index contributed by atoms with van der Waals surface area (Å²) in [5.41, 5.74) is 2.02. The molecule has 0 spiro atoms. The number of pyridine rings is 1. The van der Waals surface area contributed by atoms with E-state index in [0.29, 0.717) is 5.02 Å². The maximum atomic E-state index is 13.4. The molecule has 1 aliphatic rings. The molecule has 0 unspecified atom stereocenters. The number of nitrogens with one attached hydrogen (secondary N) is 1. The van der Waals surface area contributed by atoms with Gasteiger partial charge < -0.3 is 5.32 Å². The van der Waals surface area contributed by atoms with Gasteiger partial charge in [-0.2, -0.15) is 0 Å². The molecule has 2 nitrogen and oxygen atoms in total. The Morgan fingerprint density at radius 1 is 1.32 bits per heavy atom. The third kappa shape index (κ3) is 2.36. The van der Waals surface area contributed by atoms with Crippen LogP contribution < -0.4 is 5.32 Å². The zero-order valence-corrected chi connectivity index (χ0v) is 11.1. The van der Waals surface area contributed by atoms with Gasteiger partial charge >= 0.3 is 0 Å². The van der Waals surface area contributed by atoms with E-state index in [1.54, 1.807) is 24.5 Å². The molecule has 19 heavy (non-hydrogen) atoms. The van der Waals surface area contributed by atoms with Crippen molar-refractivity contribution in [1.29, 1.82) is 0 Å². The van der Waals surface area contributed by atoms with Gasteiger partial charge in [0, 0.05) is 30.9 Å². The zero-order valence-electron chi connectivity index (χ0n) is 10.4. The SMILES string of the molecule is Fc1cccc(C2(Cc3ccncc3Cl)CNC2)c1. The Balaban J connectivity index is 1.94. The number of benzene rings is 1. The van der Waals surface area contributed by atoms with Crippen LogP contribution in [0, 0.1) is 5.82 Å². The summed E-state index contributed by atoms with van der Waals surface area (Å²) in [6, 6.07) is 8.78. The van der Waals surface area contributed by atoms with E-state index in [4.69, 9.17) is 11.6 Å². The Labute approximate surface area is 116 Å². The fourth-order valence-corrected chi connectivity index (χ4v) is 2.77. The highest BCUT2D eigenvalue weighted by atomic mass is 35.5. The van der Waals surface area contributed by atoms with Crippen LogP contribution in [0.2, 0.25) is 5.02 Å². The van der Waals surface area contributed by atoms with E-state index < -0.39 is 0 Å². The van der Waals surface area contributed by atoms with Gasteiger partial charge in [-0.15, -0.1) is 0 Å². The van der Waals surface area contributed by atoms with E-state index >= 15 is 0 Å². The number of halogens is 2. The molecule has 4 heteroatoms. The molecule has 1 aromatic carbocycles. The molecule has 1 aromatic heterocycles. The summed E-state index contributed by atoms with van der Waals surface area (Å²) in [7, 11) is 0. The predicted octanol–water partition coefficient (Wildman–Crippen LogP) is 2.96. The van der Waals surface area contributed by atoms with E-state index in [9.17, 15) is 4.39 Å². The van der Waals surface area contributed by atoms with E-state index in [1.165, 1.54) is 6.07 Å². The molecule has 0 aliphatic carbocycles. The molecule has 0 atom stereocenters. The Hall–Kier alpha value is -1.45. The molecule has 1 fully saturated rings. The van der Waals surface area contributed by atoms with Crippen molar-refractivity contribution in [3.63, 3.8) is 0 Å². The standard InChI is InChI=1S/C15H14ClFN2/c16-14-8-18-5-4-11(14)7-15(9-19-10-15)12-2-1-3-13(17)6-12/h1-6,8,19H,7,9-10H2. The van der Waals surface area contributed by atoms with Gasteiger partial charge in [0.2, 0.25) is 0 Å². The molecule has 0 amide bonds. The van der Waals surface area contributed by atoms with E-state index in [0.717, 1.165) is 30.6 Å². The molecule has 98 valence electrons. The first-order chi connectivity index (χ1) is 9.20. The number of nitrogens with zero attached hydrogens (tertiary/aromatic N) is 1. The lowest BCUT2D eigenvalue weighted by atomic mass is 9.71. The van der Waals surface area contributed by atoms with Gasteiger partial charge in [-0.05, 0) is 35.7 Å². The summed E-state index contributed by atoms with van der Waals surface area (Å²) in [4.78, 5) is 4.00. The van der Waals surface area contributed by atoms with Crippen LogP contribution in [-0.4, -0.2) is 18.1 Å². The van der Waals surface area contributed by atoms with Crippen LogP contribution in [0.4, 0.5) is 4.39 Å². The quantitative estimate of drug-likeness (QED) is 0.932. The average Bonchev–Trinajstić information content (AvgIpc) is 2.36. The second-order valence-corrected chi connectivity index (χ2v) is 5.45. The van der Waals surface area contributed by atoms with Crippen molar-refractivity contribution in [3.8, 4) is 0 Å². The first-order valence-electron chi connectivity index (χ1n) is 6.25. The van der Waals surface area contributed by atoms with Crippen LogP contribution in [0.25, 0.3) is 0 Å². The van der Waals surface area contributed by atoms with Gasteiger partial charge in [-0.3, -0.25) is 4.98 Å². The lowest BCUT2D eigenvalue weighted by Gasteiger charge is -2.43. The van der Waals surface area contributed by atoms with Crippen LogP contribution in [0.5, 0.6) is 0 Å². The second-order valence-electron chi connectivity index (χ2n) is 5.04. The van der Waals surface area contributed by atoms with Crippen LogP contribution in [0.3, 0.4) is 0 Å². The number of hydrogen-bond donors (Lipinski definition) is 1. The van der Waals surface area contributed by atoms with Gasteiger partial charge in [-0.25, -0.2) is 4.39 Å². The molecule has 2 aromatic rings. The minimum atomic E-state index is -0.190. The van der Waals surface area contributed by atoms with Crippen LogP contribution in [0.1, 0.15) is 11.1 Å². The first-order valence-corrected chi connectivity index (χ1v) is 6.63. The number of aromatic nitrogens is 1. The smallest absolute Gasteiger partial charge is 0.123 e. The number of rotatable bonds is 3. The Morgan fingerprint density at radius 3 is 2.79 bits per heavy atom. The fourth-order valence-electron chi connectivity index (χ4n) is 2.59. The summed E-state index contributed by atoms with van der Waals surface area (Å²) in [6.45, 7) is 1.68. The summed E-state index contributed by atoms with van der Waals surface area (Å²) in [5, 5.41) is 3.95. The molecular formula is C15H14ClFN2. The molecule has 1 N–H and O–H groups in total. The first kappa shape index (κ1) is 12.6. The van der Waals surface area contributed by atoms with Gasteiger partial charge in [-0.1, -0.05) is 23.7 Å². The summed E-state index contributed by atoms with van der Waals surface area (Å²) < 4.78 is 13.4. The normalized spacial score (nSPS) is 16.9. The van der Waals surface area contributed by atoms with Crippen molar-refractivity contribution < 1.29 is 4.39 Å². The maximum Gasteiger partial charge on any atom is 0.123 e. The highest BCUT2D eigenvalue weighted by Gasteiger charge is 2.39. The lowest BCUT2D eigenvalue weighted by molar-refractivity contribution is 0.274. The van der Waals surface area contributed by atoms with Gasteiger partial charge in [0.05, 0.1) is 5.02 Å². The predicted molar refractivity (Wildman–Crippen MR) is 73.9 cm³/mol. The van der Waals surface area contributed by atoms with Gasteiger partial charge in [0.1, 0.15) is 5.82 Å². The molecule has 2 heterocycles. The summed E-state index contributed by atoms with van der Waals surface area (Å²) in [5.74, 6) is -0.190. The lowest BCUT2D eigenvalue weighted by Crippen LogP contribution is -2.58. The third-order valence-corrected chi connectivity index (χ3v) is 4.09. The van der Waals surface area contributed by atoms with Gasteiger partial charge in [0.15, 0.2) is 0 Å². The van der Waals surface area contributed by atoms with Gasteiger partial charge in [0.25, 0.3) is 0 Å². The molecule has 0 bridgehead atoms. The average molecular weight is 277 g/mol. The van der Waals surface area contributed by atoms with Crippen molar-refractivity contribution in [2.45, 2.75) is 11.8 Å². The second kappa shape index (κ2) is 4.91. The third-order valence-electron chi connectivity index (χ3n) is 3.75. The maximum absolute atomic E-state index is 13.4. The van der Waals surface area contributed by atoms with E-state index in [2.05, 4.69) is 10.3 Å². The van der Waals surface area contributed by atoms with E-state index in [-0.39, 0.29) is 11.2 Å². The molecule has 0 saturated carbocycles. The monoisotopic (exact) mass is 276 g/mol. The molecule has 1 saturated heterocycles. The molecular weight excluding hydrogens is 263 g/mol. The van der Waals surface area contributed by atoms with Crippen molar-refractivity contribution in [2.75, 3.05) is 13.1 Å². The van der Waals surface area contributed by atoms with Crippen LogP contribution in [0.15, 0.2) is 42.7 Å². The largest absolute Gasteiger partial charge is 0.315 e. The number of hydrogen-bond acceptors (Lipinski definition) is 2. The van der Waals surface area contributed by atoms with Crippen LogP contribution >= 0.6 is 11.6 Å². The van der Waals surface area contributed by atoms with Crippen LogP contribution in [-0.2, 0) is 11.8 Å². The minimum Gasteiger partial charge on any atom is -0.315 e. The van der Waals surface area contributed by atoms with Crippen molar-refractivity contribution >= 4 is 11.6 Å². The Bertz CT molecular complexity index is 596.